The number of benzene rings is 1. The third-order valence-corrected chi connectivity index (χ3v) is 6.31. The number of piperidine rings is 1. The summed E-state index contributed by atoms with van der Waals surface area (Å²) in [7, 11) is 1.92. The number of aryl methyl sites for hydroxylation is 1. The number of hydrogen-bond acceptors (Lipinski definition) is 3. The lowest BCUT2D eigenvalue weighted by Gasteiger charge is -2.39. The van der Waals surface area contributed by atoms with Crippen molar-refractivity contribution in [2.45, 2.75) is 33.6 Å². The SMILES string of the molecule is CCN1CCCC(CNC(=NC)N2CCN(c3cccc(C)c3C)CC2)C1.I. The van der Waals surface area contributed by atoms with Gasteiger partial charge in [0.15, 0.2) is 5.96 Å². The van der Waals surface area contributed by atoms with Crippen LogP contribution in [0.3, 0.4) is 0 Å². The zero-order valence-corrected chi connectivity index (χ0v) is 20.4. The lowest BCUT2D eigenvalue weighted by molar-refractivity contribution is 0.182. The number of nitrogens with zero attached hydrogens (tertiary/aromatic N) is 4. The van der Waals surface area contributed by atoms with Crippen molar-refractivity contribution < 1.29 is 0 Å². The van der Waals surface area contributed by atoms with Gasteiger partial charge in [-0.05, 0) is 62.9 Å². The van der Waals surface area contributed by atoms with Crippen LogP contribution in [0.4, 0.5) is 5.69 Å². The van der Waals surface area contributed by atoms with Gasteiger partial charge in [-0.1, -0.05) is 19.1 Å². The number of nitrogens with one attached hydrogen (secondary N) is 1. The maximum absolute atomic E-state index is 4.56. The Morgan fingerprint density at radius 2 is 1.89 bits per heavy atom. The second-order valence-corrected chi connectivity index (χ2v) is 8.02. The number of hydrogen-bond donors (Lipinski definition) is 1. The highest BCUT2D eigenvalue weighted by atomic mass is 127. The predicted molar refractivity (Wildman–Crippen MR) is 131 cm³/mol. The van der Waals surface area contributed by atoms with Gasteiger partial charge in [-0.2, -0.15) is 0 Å². The number of guanidine groups is 1. The molecule has 6 heteroatoms. The second kappa shape index (κ2) is 11.2. The van der Waals surface area contributed by atoms with E-state index in [4.69, 9.17) is 0 Å². The molecule has 0 radical (unpaired) electrons. The van der Waals surface area contributed by atoms with Gasteiger partial charge in [-0.3, -0.25) is 4.99 Å². The van der Waals surface area contributed by atoms with Gasteiger partial charge in [0.05, 0.1) is 0 Å². The summed E-state index contributed by atoms with van der Waals surface area (Å²) in [6.07, 6.45) is 2.66. The summed E-state index contributed by atoms with van der Waals surface area (Å²) in [5, 5.41) is 3.66. The zero-order valence-electron chi connectivity index (χ0n) is 18.1. The Bertz CT molecular complexity index is 640. The molecule has 0 amide bonds. The minimum Gasteiger partial charge on any atom is -0.368 e. The molecule has 28 heavy (non-hydrogen) atoms. The zero-order chi connectivity index (χ0) is 19.2. The Balaban J connectivity index is 0.00000280. The third kappa shape index (κ3) is 5.75. The lowest BCUT2D eigenvalue weighted by atomic mass is 9.98. The fraction of sp³-hybridized carbons (Fsp3) is 0.682. The smallest absolute Gasteiger partial charge is 0.193 e. The van der Waals surface area contributed by atoms with E-state index in [0.29, 0.717) is 0 Å². The van der Waals surface area contributed by atoms with Crippen LogP contribution >= 0.6 is 24.0 Å². The van der Waals surface area contributed by atoms with Crippen molar-refractivity contribution in [1.82, 2.24) is 15.1 Å². The Morgan fingerprint density at radius 1 is 1.14 bits per heavy atom. The minimum atomic E-state index is 0. The molecule has 0 spiro atoms. The molecule has 2 aliphatic heterocycles. The molecule has 5 nitrogen and oxygen atoms in total. The van der Waals surface area contributed by atoms with E-state index in [2.05, 4.69) is 64.0 Å². The maximum atomic E-state index is 4.56. The first kappa shape index (κ1) is 23.3. The Hall–Kier alpha value is -1.02. The van der Waals surface area contributed by atoms with Crippen molar-refractivity contribution >= 4 is 35.6 Å². The van der Waals surface area contributed by atoms with Gasteiger partial charge in [0.1, 0.15) is 0 Å². The largest absolute Gasteiger partial charge is 0.368 e. The van der Waals surface area contributed by atoms with Crippen LogP contribution in [0.2, 0.25) is 0 Å². The number of rotatable bonds is 4. The van der Waals surface area contributed by atoms with Gasteiger partial charge in [0.25, 0.3) is 0 Å². The average molecular weight is 499 g/mol. The quantitative estimate of drug-likeness (QED) is 0.392. The number of aliphatic imine (C=N–C) groups is 1. The van der Waals surface area contributed by atoms with Crippen LogP contribution in [0.15, 0.2) is 23.2 Å². The Morgan fingerprint density at radius 3 is 2.57 bits per heavy atom. The van der Waals surface area contributed by atoms with E-state index < -0.39 is 0 Å². The first-order chi connectivity index (χ1) is 13.1. The normalized spacial score (nSPS) is 21.4. The summed E-state index contributed by atoms with van der Waals surface area (Å²) >= 11 is 0. The summed E-state index contributed by atoms with van der Waals surface area (Å²) < 4.78 is 0. The van der Waals surface area contributed by atoms with E-state index in [0.717, 1.165) is 44.6 Å². The third-order valence-electron chi connectivity index (χ3n) is 6.31. The topological polar surface area (TPSA) is 34.1 Å². The molecular weight excluding hydrogens is 461 g/mol. The molecule has 0 saturated carbocycles. The van der Waals surface area contributed by atoms with Crippen LogP contribution in [-0.2, 0) is 0 Å². The number of halogens is 1. The molecule has 1 N–H and O–H groups in total. The maximum Gasteiger partial charge on any atom is 0.193 e. The Kier molecular flexibility index (Phi) is 9.34. The molecule has 2 aliphatic rings. The number of piperazine rings is 1. The van der Waals surface area contributed by atoms with Crippen LogP contribution < -0.4 is 10.2 Å². The van der Waals surface area contributed by atoms with Crippen molar-refractivity contribution in [3.63, 3.8) is 0 Å². The predicted octanol–water partition coefficient (Wildman–Crippen LogP) is 3.35. The molecule has 2 heterocycles. The van der Waals surface area contributed by atoms with Crippen molar-refractivity contribution in [3.8, 4) is 0 Å². The van der Waals surface area contributed by atoms with Gasteiger partial charge >= 0.3 is 0 Å². The van der Waals surface area contributed by atoms with Gasteiger partial charge in [0, 0.05) is 52.0 Å². The van der Waals surface area contributed by atoms with Crippen molar-refractivity contribution in [2.24, 2.45) is 10.9 Å². The van der Waals surface area contributed by atoms with Gasteiger partial charge < -0.3 is 20.0 Å². The van der Waals surface area contributed by atoms with Crippen LogP contribution in [0, 0.1) is 19.8 Å². The van der Waals surface area contributed by atoms with E-state index in [-0.39, 0.29) is 24.0 Å². The van der Waals surface area contributed by atoms with Gasteiger partial charge in [-0.15, -0.1) is 24.0 Å². The molecule has 1 aromatic carbocycles. The summed E-state index contributed by atoms with van der Waals surface area (Å²) in [5.41, 5.74) is 4.17. The van der Waals surface area contributed by atoms with E-state index in [1.54, 1.807) is 0 Å². The van der Waals surface area contributed by atoms with E-state index in [9.17, 15) is 0 Å². The molecule has 0 aromatic heterocycles. The highest BCUT2D eigenvalue weighted by Crippen LogP contribution is 2.24. The summed E-state index contributed by atoms with van der Waals surface area (Å²) in [5.74, 6) is 1.82. The van der Waals surface area contributed by atoms with Gasteiger partial charge in [-0.25, -0.2) is 0 Å². The first-order valence-corrected chi connectivity index (χ1v) is 10.6. The van der Waals surface area contributed by atoms with Crippen LogP contribution in [-0.4, -0.2) is 75.2 Å². The lowest BCUT2D eigenvalue weighted by Crippen LogP contribution is -2.53. The molecule has 158 valence electrons. The van der Waals surface area contributed by atoms with E-state index >= 15 is 0 Å². The van der Waals surface area contributed by atoms with Gasteiger partial charge in [0.2, 0.25) is 0 Å². The van der Waals surface area contributed by atoms with E-state index in [1.165, 1.54) is 49.3 Å². The first-order valence-electron chi connectivity index (χ1n) is 10.6. The number of likely N-dealkylation sites (tertiary alicyclic amines) is 1. The fourth-order valence-electron chi connectivity index (χ4n) is 4.41. The molecule has 1 unspecified atom stereocenters. The van der Waals surface area contributed by atoms with Crippen LogP contribution in [0.1, 0.15) is 30.9 Å². The highest BCUT2D eigenvalue weighted by molar-refractivity contribution is 14.0. The minimum absolute atomic E-state index is 0. The molecule has 1 atom stereocenters. The van der Waals surface area contributed by atoms with Crippen LogP contribution in [0.25, 0.3) is 0 Å². The highest BCUT2D eigenvalue weighted by Gasteiger charge is 2.23. The molecule has 0 bridgehead atoms. The van der Waals surface area contributed by atoms with Crippen molar-refractivity contribution in [2.75, 3.05) is 64.3 Å². The standard InChI is InChI=1S/C22H37N5.HI/c1-5-25-11-7-9-20(17-25)16-24-22(23-4)27-14-12-26(13-15-27)21-10-6-8-18(2)19(21)3;/h6,8,10,20H,5,7,9,11-17H2,1-4H3,(H,23,24);1H. The number of anilines is 1. The van der Waals surface area contributed by atoms with Crippen molar-refractivity contribution in [3.05, 3.63) is 29.3 Å². The molecule has 2 saturated heterocycles. The Labute approximate surface area is 188 Å². The summed E-state index contributed by atoms with van der Waals surface area (Å²) in [6.45, 7) is 15.6. The molecule has 0 aliphatic carbocycles. The molecule has 2 fully saturated rings. The van der Waals surface area contributed by atoms with E-state index in [1.807, 2.05) is 7.05 Å². The van der Waals surface area contributed by atoms with Crippen molar-refractivity contribution in [1.29, 1.82) is 0 Å². The average Bonchev–Trinajstić information content (AvgIpc) is 2.71. The molecule has 1 aromatic rings. The monoisotopic (exact) mass is 499 g/mol. The molecule has 3 rings (SSSR count). The molecular formula is C22H38IN5. The summed E-state index contributed by atoms with van der Waals surface area (Å²) in [4.78, 5) is 12.1. The fourth-order valence-corrected chi connectivity index (χ4v) is 4.41. The second-order valence-electron chi connectivity index (χ2n) is 8.02. The van der Waals surface area contributed by atoms with Crippen LogP contribution in [0.5, 0.6) is 0 Å². The summed E-state index contributed by atoms with van der Waals surface area (Å²) in [6, 6.07) is 6.63.